The Morgan fingerprint density at radius 3 is 1.11 bits per heavy atom. The molecule has 3 aromatic carbocycles. The lowest BCUT2D eigenvalue weighted by atomic mass is 10.1. The average molecular weight is 679 g/mol. The zero-order valence-electron chi connectivity index (χ0n) is 23.4. The van der Waals surface area contributed by atoms with Gasteiger partial charge in [0.05, 0.1) is 10.7 Å². The molecule has 4 N–H and O–H groups in total. The van der Waals surface area contributed by atoms with Crippen LogP contribution in [0.15, 0.2) is 83.0 Å². The second kappa shape index (κ2) is 9.93. The third-order valence-electron chi connectivity index (χ3n) is 8.05. The summed E-state index contributed by atoms with van der Waals surface area (Å²) in [4.78, 5) is 12.9. The molecular weight excluding hydrogens is 657 g/mol. The van der Waals surface area contributed by atoms with Gasteiger partial charge in [-0.05, 0) is 86.6 Å². The smallest absolute Gasteiger partial charge is 0.0993 e. The van der Waals surface area contributed by atoms with E-state index < -0.39 is 0 Å². The van der Waals surface area contributed by atoms with Crippen LogP contribution < -0.4 is 22.4 Å². The van der Waals surface area contributed by atoms with Gasteiger partial charge in [0.2, 0.25) is 0 Å². The summed E-state index contributed by atoms with van der Waals surface area (Å²) >= 11 is 10.9. The number of thiophene rings is 6. The highest BCUT2D eigenvalue weighted by Crippen LogP contribution is 2.46. The molecular formula is C34H22N4S6. The first kappa shape index (κ1) is 26.7. The second-order valence-corrected chi connectivity index (χ2v) is 17.6. The summed E-state index contributed by atoms with van der Waals surface area (Å²) in [5.74, 6) is 12.2. The van der Waals surface area contributed by atoms with Crippen molar-refractivity contribution in [1.82, 2.24) is 0 Å². The highest BCUT2D eigenvalue weighted by molar-refractivity contribution is 7.30. The first-order valence-electron chi connectivity index (χ1n) is 13.9. The maximum Gasteiger partial charge on any atom is 0.0993 e. The van der Waals surface area contributed by atoms with Crippen molar-refractivity contribution in [2.24, 2.45) is 21.9 Å². The van der Waals surface area contributed by atoms with E-state index in [4.69, 9.17) is 11.7 Å². The van der Waals surface area contributed by atoms with Crippen LogP contribution in [0.25, 0.3) is 80.7 Å². The molecule has 0 atom stereocenters. The van der Waals surface area contributed by atoms with Crippen molar-refractivity contribution >= 4 is 110 Å². The molecule has 0 fully saturated rings. The molecule has 0 saturated carbocycles. The van der Waals surface area contributed by atoms with Crippen molar-refractivity contribution in [3.8, 4) is 39.0 Å². The fourth-order valence-corrected chi connectivity index (χ4v) is 12.5. The highest BCUT2D eigenvalue weighted by Gasteiger charge is 2.20. The number of rotatable bonds is 4. The topological polar surface area (TPSA) is 76.8 Å². The minimum Gasteiger partial charge on any atom is -0.323 e. The number of hydrogen-bond acceptors (Lipinski definition) is 10. The molecule has 6 heterocycles. The maximum atomic E-state index is 6.08. The van der Waals surface area contributed by atoms with E-state index in [9.17, 15) is 0 Å². The van der Waals surface area contributed by atoms with Gasteiger partial charge in [-0.2, -0.15) is 10.2 Å². The summed E-state index contributed by atoms with van der Waals surface area (Å²) in [6, 6.07) is 26.7. The summed E-state index contributed by atoms with van der Waals surface area (Å²) in [7, 11) is 0. The van der Waals surface area contributed by atoms with Crippen LogP contribution in [-0.2, 0) is 0 Å². The lowest BCUT2D eigenvalue weighted by Gasteiger charge is -1.96. The molecule has 214 valence electrons. The van der Waals surface area contributed by atoms with E-state index in [2.05, 4.69) is 96.8 Å². The van der Waals surface area contributed by atoms with Crippen LogP contribution in [0.3, 0.4) is 0 Å². The lowest BCUT2D eigenvalue weighted by Crippen LogP contribution is -2.04. The summed E-state index contributed by atoms with van der Waals surface area (Å²) in [6.07, 6.45) is 0. The summed E-state index contributed by atoms with van der Waals surface area (Å²) in [5, 5.41) is 17.0. The Bertz CT molecular complexity index is 2490. The van der Waals surface area contributed by atoms with Crippen LogP contribution in [0.5, 0.6) is 0 Å². The highest BCUT2D eigenvalue weighted by atomic mass is 32.1. The standard InChI is InChI=1S/C34H22N4S6/c1-15-3-5-23(39-15)25-7-9-27(41-25)29-13-21-31(37-35)17-12-20-18(11-19(17)33(21)43-29)32(38-36)22-14-30(44-34(20)22)28-10-8-26(42-28)24-6-4-16(2)40-24/h3-14H,35-36H2,1-2H3/b37-31+,38-32+. The molecule has 10 heteroatoms. The predicted octanol–water partition coefficient (Wildman–Crippen LogP) is 10.4. The van der Waals surface area contributed by atoms with E-state index in [0.717, 1.165) is 43.0 Å². The van der Waals surface area contributed by atoms with Crippen LogP contribution in [0, 0.1) is 13.8 Å². The van der Waals surface area contributed by atoms with Crippen molar-refractivity contribution in [2.45, 2.75) is 13.8 Å². The zero-order valence-corrected chi connectivity index (χ0v) is 28.3. The van der Waals surface area contributed by atoms with Crippen LogP contribution in [0.4, 0.5) is 0 Å². The molecule has 0 aliphatic heterocycles. The summed E-state index contributed by atoms with van der Waals surface area (Å²) < 4.78 is 2.40. The van der Waals surface area contributed by atoms with Gasteiger partial charge in [0, 0.05) is 90.5 Å². The normalized spacial score (nSPS) is 13.2. The monoisotopic (exact) mass is 678 g/mol. The molecule has 0 aliphatic carbocycles. The van der Waals surface area contributed by atoms with Gasteiger partial charge in [-0.15, -0.1) is 68.0 Å². The van der Waals surface area contributed by atoms with Gasteiger partial charge < -0.3 is 11.7 Å². The van der Waals surface area contributed by atoms with Crippen LogP contribution >= 0.6 is 68.0 Å². The van der Waals surface area contributed by atoms with Gasteiger partial charge >= 0.3 is 0 Å². The Labute approximate surface area is 275 Å². The fraction of sp³-hybridized carbons (Fsp3) is 0.0588. The van der Waals surface area contributed by atoms with Crippen molar-refractivity contribution in [1.29, 1.82) is 0 Å². The van der Waals surface area contributed by atoms with Crippen LogP contribution in [0.1, 0.15) is 9.75 Å². The number of nitrogens with zero attached hydrogens (tertiary/aromatic N) is 2. The summed E-state index contributed by atoms with van der Waals surface area (Å²) in [5.41, 5.74) is 0. The number of aryl methyl sites for hydroxylation is 2. The molecule has 9 rings (SSSR count). The second-order valence-electron chi connectivity index (χ2n) is 10.8. The first-order chi connectivity index (χ1) is 21.5. The van der Waals surface area contributed by atoms with Gasteiger partial charge in [0.25, 0.3) is 0 Å². The number of nitrogens with two attached hydrogens (primary N) is 2. The Morgan fingerprint density at radius 2 is 0.750 bits per heavy atom. The van der Waals surface area contributed by atoms with Crippen molar-refractivity contribution < 1.29 is 0 Å². The molecule has 4 nitrogen and oxygen atoms in total. The van der Waals surface area contributed by atoms with Crippen LogP contribution in [-0.4, -0.2) is 0 Å². The molecule has 0 amide bonds. The van der Waals surface area contributed by atoms with Gasteiger partial charge in [-0.25, -0.2) is 0 Å². The van der Waals surface area contributed by atoms with E-state index >= 15 is 0 Å². The predicted molar refractivity (Wildman–Crippen MR) is 197 cm³/mol. The number of hydrogen-bond donors (Lipinski definition) is 2. The minimum atomic E-state index is 0.844. The van der Waals surface area contributed by atoms with Gasteiger partial charge in [-0.3, -0.25) is 0 Å². The zero-order chi connectivity index (χ0) is 29.7. The number of benzene rings is 1. The molecule has 0 unspecified atom stereocenters. The average Bonchev–Trinajstić information content (AvgIpc) is 3.85. The molecule has 0 radical (unpaired) electrons. The Balaban J connectivity index is 1.19. The first-order valence-corrected chi connectivity index (χ1v) is 18.8. The largest absolute Gasteiger partial charge is 0.323 e. The van der Waals surface area contributed by atoms with E-state index in [1.54, 1.807) is 22.7 Å². The SMILES string of the molecule is Cc1ccc(-c2ccc(-c3cc4/c(=N/N)c5cc6c(cc5c4s3)/c(=N\N)c3cc(-c4ccc(-c5ccc(C)s5)s4)sc36)s2)s1. The Kier molecular flexibility index (Phi) is 6.04. The van der Waals surface area contributed by atoms with Crippen molar-refractivity contribution in [3.05, 3.63) is 93.3 Å². The molecule has 0 aliphatic rings. The number of fused-ring (bicyclic) bond motifs is 6. The van der Waals surface area contributed by atoms with E-state index in [0.29, 0.717) is 0 Å². The van der Waals surface area contributed by atoms with Crippen molar-refractivity contribution in [2.75, 3.05) is 0 Å². The molecule has 9 aromatic rings. The van der Waals surface area contributed by atoms with Gasteiger partial charge in [-0.1, -0.05) is 0 Å². The fourth-order valence-electron chi connectivity index (χ4n) is 6.05. The summed E-state index contributed by atoms with van der Waals surface area (Å²) in [6.45, 7) is 4.30. The minimum absolute atomic E-state index is 0.844. The Hall–Kier alpha value is -3.64. The maximum absolute atomic E-state index is 6.08. The quantitative estimate of drug-likeness (QED) is 0.144. The van der Waals surface area contributed by atoms with E-state index in [-0.39, 0.29) is 0 Å². The van der Waals surface area contributed by atoms with E-state index in [1.807, 2.05) is 45.3 Å². The molecule has 0 bridgehead atoms. The lowest BCUT2D eigenvalue weighted by molar-refractivity contribution is 1.17. The molecule has 44 heavy (non-hydrogen) atoms. The molecule has 0 spiro atoms. The molecule has 0 saturated heterocycles. The third-order valence-corrected chi connectivity index (χ3v) is 15.3. The molecule has 6 aromatic heterocycles. The third kappa shape index (κ3) is 3.95. The Morgan fingerprint density at radius 1 is 0.386 bits per heavy atom. The van der Waals surface area contributed by atoms with Crippen LogP contribution in [0.2, 0.25) is 0 Å². The van der Waals surface area contributed by atoms with E-state index in [1.165, 1.54) is 58.2 Å². The van der Waals surface area contributed by atoms with Gasteiger partial charge in [0.1, 0.15) is 0 Å². The van der Waals surface area contributed by atoms with Crippen molar-refractivity contribution in [3.63, 3.8) is 0 Å². The van der Waals surface area contributed by atoms with Gasteiger partial charge in [0.15, 0.2) is 0 Å².